The van der Waals surface area contributed by atoms with Gasteiger partial charge in [0.05, 0.1) is 18.0 Å². The first kappa shape index (κ1) is 12.8. The zero-order valence-corrected chi connectivity index (χ0v) is 11.5. The van der Waals surface area contributed by atoms with Gasteiger partial charge in [0, 0.05) is 18.2 Å². The van der Waals surface area contributed by atoms with Gasteiger partial charge in [-0.15, -0.1) is 0 Å². The molecule has 1 saturated heterocycles. The number of rotatable bonds is 3. The van der Waals surface area contributed by atoms with Crippen LogP contribution in [-0.2, 0) is 4.74 Å². The molecule has 0 aromatic heterocycles. The van der Waals surface area contributed by atoms with Crippen LogP contribution in [0.15, 0.2) is 18.2 Å². The van der Waals surface area contributed by atoms with Crippen LogP contribution in [0.3, 0.4) is 0 Å². The molecule has 17 heavy (non-hydrogen) atoms. The Balaban J connectivity index is 2.21. The lowest BCUT2D eigenvalue weighted by molar-refractivity contribution is 0.0927. The summed E-state index contributed by atoms with van der Waals surface area (Å²) in [5.74, 6) is 0.723. The van der Waals surface area contributed by atoms with E-state index in [0.29, 0.717) is 17.2 Å². The summed E-state index contributed by atoms with van der Waals surface area (Å²) in [4.78, 5) is -0.106. The lowest BCUT2D eigenvalue weighted by Gasteiger charge is -2.21. The van der Waals surface area contributed by atoms with Crippen LogP contribution in [0, 0.1) is 11.7 Å². The third-order valence-corrected chi connectivity index (χ3v) is 4.25. The van der Waals surface area contributed by atoms with Crippen LogP contribution < -0.4 is 4.74 Å². The van der Waals surface area contributed by atoms with E-state index >= 15 is 0 Å². The van der Waals surface area contributed by atoms with Crippen molar-refractivity contribution >= 4 is 15.9 Å². The number of ether oxygens (including phenoxy) is 2. The van der Waals surface area contributed by atoms with Crippen LogP contribution in [0.5, 0.6) is 5.75 Å². The molecule has 1 aromatic rings. The van der Waals surface area contributed by atoms with Gasteiger partial charge in [-0.05, 0) is 18.4 Å². The van der Waals surface area contributed by atoms with Gasteiger partial charge in [0.2, 0.25) is 0 Å². The molecule has 2 nitrogen and oxygen atoms in total. The van der Waals surface area contributed by atoms with Gasteiger partial charge >= 0.3 is 0 Å². The predicted molar refractivity (Wildman–Crippen MR) is 68.1 cm³/mol. The molecular formula is C13H16BrFO2. The van der Waals surface area contributed by atoms with E-state index in [4.69, 9.17) is 9.47 Å². The molecule has 0 amide bonds. The Bertz CT molecular complexity index is 397. The molecule has 0 saturated carbocycles. The first-order chi connectivity index (χ1) is 8.13. The van der Waals surface area contributed by atoms with Crippen molar-refractivity contribution < 1.29 is 13.9 Å². The Morgan fingerprint density at radius 1 is 1.53 bits per heavy atom. The second-order valence-electron chi connectivity index (χ2n) is 4.39. The van der Waals surface area contributed by atoms with Crippen molar-refractivity contribution in [1.29, 1.82) is 0 Å². The summed E-state index contributed by atoms with van der Waals surface area (Å²) in [5, 5.41) is 0. The highest BCUT2D eigenvalue weighted by Crippen LogP contribution is 2.38. The van der Waals surface area contributed by atoms with E-state index in [0.717, 1.165) is 13.0 Å². The number of halogens is 2. The lowest BCUT2D eigenvalue weighted by atomic mass is 9.97. The Morgan fingerprint density at radius 3 is 2.82 bits per heavy atom. The van der Waals surface area contributed by atoms with Gasteiger partial charge in [0.1, 0.15) is 11.6 Å². The predicted octanol–water partition coefficient (Wildman–Crippen LogP) is 3.70. The van der Waals surface area contributed by atoms with Crippen LogP contribution in [0.4, 0.5) is 4.39 Å². The first-order valence-electron chi connectivity index (χ1n) is 5.72. The van der Waals surface area contributed by atoms with E-state index < -0.39 is 0 Å². The summed E-state index contributed by atoms with van der Waals surface area (Å²) in [6, 6.07) is 4.93. The van der Waals surface area contributed by atoms with Crippen LogP contribution in [0.25, 0.3) is 0 Å². The zero-order valence-electron chi connectivity index (χ0n) is 9.95. The van der Waals surface area contributed by atoms with Crippen molar-refractivity contribution in [2.24, 2.45) is 5.92 Å². The molecule has 3 atom stereocenters. The molecule has 0 bridgehead atoms. The van der Waals surface area contributed by atoms with Crippen molar-refractivity contribution in [2.75, 3.05) is 13.7 Å². The molecule has 1 fully saturated rings. The van der Waals surface area contributed by atoms with Crippen LogP contribution in [0.1, 0.15) is 23.7 Å². The Morgan fingerprint density at radius 2 is 2.29 bits per heavy atom. The third-order valence-electron chi connectivity index (χ3n) is 3.24. The first-order valence-corrected chi connectivity index (χ1v) is 6.64. The topological polar surface area (TPSA) is 18.5 Å². The van der Waals surface area contributed by atoms with E-state index in [1.807, 2.05) is 0 Å². The summed E-state index contributed by atoms with van der Waals surface area (Å²) < 4.78 is 24.5. The van der Waals surface area contributed by atoms with Gasteiger partial charge in [-0.25, -0.2) is 4.39 Å². The maximum absolute atomic E-state index is 13.9. The Labute approximate surface area is 109 Å². The van der Waals surface area contributed by atoms with Crippen LogP contribution in [-0.4, -0.2) is 19.8 Å². The summed E-state index contributed by atoms with van der Waals surface area (Å²) in [6.07, 6.45) is 1.07. The fourth-order valence-corrected chi connectivity index (χ4v) is 3.17. The number of alkyl halides is 1. The molecule has 2 rings (SSSR count). The lowest BCUT2D eigenvalue weighted by Crippen LogP contribution is -2.20. The highest BCUT2D eigenvalue weighted by atomic mass is 79.9. The second kappa shape index (κ2) is 5.36. The summed E-state index contributed by atoms with van der Waals surface area (Å²) >= 11 is 3.54. The van der Waals surface area contributed by atoms with Gasteiger partial charge in [0.15, 0.2) is 0 Å². The van der Waals surface area contributed by atoms with Crippen LogP contribution >= 0.6 is 15.9 Å². The van der Waals surface area contributed by atoms with E-state index in [-0.39, 0.29) is 16.7 Å². The van der Waals surface area contributed by atoms with Crippen molar-refractivity contribution in [1.82, 2.24) is 0 Å². The van der Waals surface area contributed by atoms with Gasteiger partial charge in [-0.3, -0.25) is 0 Å². The molecule has 0 aliphatic carbocycles. The molecule has 4 heteroatoms. The van der Waals surface area contributed by atoms with Crippen molar-refractivity contribution in [3.05, 3.63) is 29.6 Å². The molecule has 1 aliphatic rings. The SMILES string of the molecule is COc1ccc(C(Br)C2OCCC2C)c(F)c1. The fraction of sp³-hybridized carbons (Fsp3) is 0.538. The number of hydrogen-bond donors (Lipinski definition) is 0. The van der Waals surface area contributed by atoms with Gasteiger partial charge in [0.25, 0.3) is 0 Å². The molecule has 0 N–H and O–H groups in total. The van der Waals surface area contributed by atoms with Crippen LogP contribution in [0.2, 0.25) is 0 Å². The van der Waals surface area contributed by atoms with Gasteiger partial charge < -0.3 is 9.47 Å². The molecule has 0 radical (unpaired) electrons. The van der Waals surface area contributed by atoms with E-state index in [2.05, 4.69) is 22.9 Å². The number of benzene rings is 1. The van der Waals surface area contributed by atoms with Crippen molar-refractivity contribution in [3.8, 4) is 5.75 Å². The minimum Gasteiger partial charge on any atom is -0.497 e. The molecule has 0 spiro atoms. The largest absolute Gasteiger partial charge is 0.497 e. The highest BCUT2D eigenvalue weighted by Gasteiger charge is 2.32. The molecule has 3 unspecified atom stereocenters. The second-order valence-corrected chi connectivity index (χ2v) is 5.38. The standard InChI is InChI=1S/C13H16BrFO2/c1-8-5-6-17-13(8)12(14)10-4-3-9(16-2)7-11(10)15/h3-4,7-8,12-13H,5-6H2,1-2H3. The summed E-state index contributed by atoms with van der Waals surface area (Å²) in [6.45, 7) is 2.89. The Kier molecular flexibility index (Phi) is 4.05. The normalized spacial score (nSPS) is 25.9. The monoisotopic (exact) mass is 302 g/mol. The molecule has 1 aromatic carbocycles. The highest BCUT2D eigenvalue weighted by molar-refractivity contribution is 9.09. The average Bonchev–Trinajstić information content (AvgIpc) is 2.74. The number of methoxy groups -OCH3 is 1. The smallest absolute Gasteiger partial charge is 0.131 e. The maximum atomic E-state index is 13.9. The molecule has 94 valence electrons. The van der Waals surface area contributed by atoms with Gasteiger partial charge in [-0.2, -0.15) is 0 Å². The number of hydrogen-bond acceptors (Lipinski definition) is 2. The van der Waals surface area contributed by atoms with Crippen molar-refractivity contribution in [3.63, 3.8) is 0 Å². The summed E-state index contributed by atoms with van der Waals surface area (Å²) in [7, 11) is 1.53. The van der Waals surface area contributed by atoms with E-state index in [9.17, 15) is 4.39 Å². The Hall–Kier alpha value is -0.610. The third kappa shape index (κ3) is 2.63. The average molecular weight is 303 g/mol. The molecule has 1 aliphatic heterocycles. The quantitative estimate of drug-likeness (QED) is 0.793. The molecular weight excluding hydrogens is 287 g/mol. The van der Waals surface area contributed by atoms with Crippen molar-refractivity contribution in [2.45, 2.75) is 24.3 Å². The fourth-order valence-electron chi connectivity index (χ4n) is 2.13. The minimum absolute atomic E-state index is 0.0397. The van der Waals surface area contributed by atoms with E-state index in [1.165, 1.54) is 13.2 Å². The summed E-state index contributed by atoms with van der Waals surface area (Å²) in [5.41, 5.74) is 0.629. The zero-order chi connectivity index (χ0) is 12.4. The van der Waals surface area contributed by atoms with E-state index in [1.54, 1.807) is 12.1 Å². The van der Waals surface area contributed by atoms with Gasteiger partial charge in [-0.1, -0.05) is 28.9 Å². The maximum Gasteiger partial charge on any atom is 0.131 e. The molecule has 1 heterocycles. The minimum atomic E-state index is -0.256.